The van der Waals surface area contributed by atoms with Crippen molar-refractivity contribution in [2.45, 2.75) is 39.0 Å². The number of nitrogens with zero attached hydrogens (tertiary/aromatic N) is 1. The van der Waals surface area contributed by atoms with Gasteiger partial charge in [-0.25, -0.2) is 4.98 Å². The highest BCUT2D eigenvalue weighted by atomic mass is 16.5. The van der Waals surface area contributed by atoms with Gasteiger partial charge in [-0.15, -0.1) is 0 Å². The van der Waals surface area contributed by atoms with Gasteiger partial charge in [0, 0.05) is 12.8 Å². The van der Waals surface area contributed by atoms with Gasteiger partial charge in [0.2, 0.25) is 5.91 Å². The summed E-state index contributed by atoms with van der Waals surface area (Å²) in [6, 6.07) is 14.7. The standard InChI is InChI=1S/C22H25N3O3/c1-2-3-15-28-19-12-7-6-11-18(19)24-21(26)14-8-13-20-23-17-10-5-4-9-16(17)22(27)25-20/h4-7,9-12H,2-3,8,13-15H2,1H3,(H,24,26)(H,23,25,27). The number of rotatable bonds is 9. The molecular weight excluding hydrogens is 354 g/mol. The molecule has 0 unspecified atom stereocenters. The summed E-state index contributed by atoms with van der Waals surface area (Å²) in [6.07, 6.45) is 3.48. The third-order valence-electron chi connectivity index (χ3n) is 4.40. The lowest BCUT2D eigenvalue weighted by Crippen LogP contribution is -2.15. The number of nitrogens with one attached hydrogen (secondary N) is 2. The quantitative estimate of drug-likeness (QED) is 0.549. The van der Waals surface area contributed by atoms with Crippen molar-refractivity contribution in [2.75, 3.05) is 11.9 Å². The summed E-state index contributed by atoms with van der Waals surface area (Å²) in [5, 5.41) is 3.48. The molecule has 0 saturated carbocycles. The molecule has 3 rings (SSSR count). The molecule has 6 nitrogen and oxygen atoms in total. The highest BCUT2D eigenvalue weighted by Crippen LogP contribution is 2.24. The number of ether oxygens (including phenoxy) is 1. The van der Waals surface area contributed by atoms with Crippen molar-refractivity contribution in [1.82, 2.24) is 9.97 Å². The van der Waals surface area contributed by atoms with Crippen molar-refractivity contribution in [3.05, 3.63) is 64.7 Å². The van der Waals surface area contributed by atoms with Crippen LogP contribution in [0.15, 0.2) is 53.3 Å². The lowest BCUT2D eigenvalue weighted by Gasteiger charge is -2.12. The summed E-state index contributed by atoms with van der Waals surface area (Å²) in [4.78, 5) is 31.7. The molecule has 0 aliphatic heterocycles. The summed E-state index contributed by atoms with van der Waals surface area (Å²) in [6.45, 7) is 2.74. The SMILES string of the molecule is CCCCOc1ccccc1NC(=O)CCCc1nc2ccccc2c(=O)[nH]1. The molecule has 3 aromatic rings. The summed E-state index contributed by atoms with van der Waals surface area (Å²) >= 11 is 0. The van der Waals surface area contributed by atoms with Gasteiger partial charge < -0.3 is 15.0 Å². The largest absolute Gasteiger partial charge is 0.491 e. The molecule has 0 aliphatic rings. The van der Waals surface area contributed by atoms with E-state index in [2.05, 4.69) is 22.2 Å². The van der Waals surface area contributed by atoms with Gasteiger partial charge in [-0.05, 0) is 37.1 Å². The van der Waals surface area contributed by atoms with Gasteiger partial charge in [0.25, 0.3) is 5.56 Å². The van der Waals surface area contributed by atoms with Gasteiger partial charge >= 0.3 is 0 Å². The number of hydrogen-bond acceptors (Lipinski definition) is 4. The second-order valence-electron chi connectivity index (χ2n) is 6.63. The van der Waals surface area contributed by atoms with Crippen LogP contribution < -0.4 is 15.6 Å². The van der Waals surface area contributed by atoms with Gasteiger partial charge in [0.1, 0.15) is 11.6 Å². The minimum Gasteiger partial charge on any atom is -0.491 e. The van der Waals surface area contributed by atoms with E-state index in [-0.39, 0.29) is 11.5 Å². The van der Waals surface area contributed by atoms with Gasteiger partial charge in [-0.3, -0.25) is 9.59 Å². The zero-order chi connectivity index (χ0) is 19.8. The van der Waals surface area contributed by atoms with Crippen LogP contribution in [-0.4, -0.2) is 22.5 Å². The van der Waals surface area contributed by atoms with Gasteiger partial charge in [-0.2, -0.15) is 0 Å². The van der Waals surface area contributed by atoms with Crippen molar-refractivity contribution >= 4 is 22.5 Å². The number of aromatic nitrogens is 2. The summed E-state index contributed by atoms with van der Waals surface area (Å²) in [7, 11) is 0. The van der Waals surface area contributed by atoms with E-state index in [1.807, 2.05) is 42.5 Å². The molecule has 0 radical (unpaired) electrons. The second kappa shape index (κ2) is 9.69. The molecule has 0 aliphatic carbocycles. The van der Waals surface area contributed by atoms with Crippen LogP contribution in [0.25, 0.3) is 10.9 Å². The van der Waals surface area contributed by atoms with Crippen LogP contribution in [0.5, 0.6) is 5.75 Å². The van der Waals surface area contributed by atoms with Gasteiger partial charge in [0.15, 0.2) is 0 Å². The zero-order valence-corrected chi connectivity index (χ0v) is 16.0. The number of para-hydroxylation sites is 3. The molecule has 2 aromatic carbocycles. The molecule has 1 amide bonds. The number of hydrogen-bond donors (Lipinski definition) is 2. The molecule has 0 fully saturated rings. The number of carbonyl (C=O) groups excluding carboxylic acids is 1. The maximum absolute atomic E-state index is 12.3. The fraction of sp³-hybridized carbons (Fsp3) is 0.318. The monoisotopic (exact) mass is 379 g/mol. The average molecular weight is 379 g/mol. The van der Waals surface area contributed by atoms with Crippen molar-refractivity contribution in [3.8, 4) is 5.75 Å². The molecule has 2 N–H and O–H groups in total. The van der Waals surface area contributed by atoms with Crippen LogP contribution in [0.3, 0.4) is 0 Å². The number of H-pyrrole nitrogens is 1. The van der Waals surface area contributed by atoms with Crippen LogP contribution >= 0.6 is 0 Å². The van der Waals surface area contributed by atoms with E-state index in [9.17, 15) is 9.59 Å². The Hall–Kier alpha value is -3.15. The number of aromatic amines is 1. The van der Waals surface area contributed by atoms with Crippen LogP contribution in [-0.2, 0) is 11.2 Å². The summed E-state index contributed by atoms with van der Waals surface area (Å²) < 4.78 is 5.74. The lowest BCUT2D eigenvalue weighted by molar-refractivity contribution is -0.116. The first kappa shape index (κ1) is 19.6. The molecule has 1 heterocycles. The zero-order valence-electron chi connectivity index (χ0n) is 16.0. The number of anilines is 1. The number of unbranched alkanes of at least 4 members (excludes halogenated alkanes) is 1. The Morgan fingerprint density at radius 1 is 1.11 bits per heavy atom. The number of fused-ring (bicyclic) bond motifs is 1. The predicted molar refractivity (Wildman–Crippen MR) is 111 cm³/mol. The average Bonchev–Trinajstić information content (AvgIpc) is 2.69. The fourth-order valence-electron chi connectivity index (χ4n) is 2.90. The maximum Gasteiger partial charge on any atom is 0.258 e. The van der Waals surface area contributed by atoms with Crippen molar-refractivity contribution < 1.29 is 9.53 Å². The van der Waals surface area contributed by atoms with Gasteiger partial charge in [-0.1, -0.05) is 37.6 Å². The molecule has 0 spiro atoms. The Morgan fingerprint density at radius 3 is 2.75 bits per heavy atom. The Labute approximate surface area is 164 Å². The lowest BCUT2D eigenvalue weighted by atomic mass is 10.2. The van der Waals surface area contributed by atoms with E-state index in [1.165, 1.54) is 0 Å². The van der Waals surface area contributed by atoms with Crippen LogP contribution in [0.1, 0.15) is 38.4 Å². The van der Waals surface area contributed by atoms with E-state index in [0.29, 0.717) is 54.0 Å². The Balaban J connectivity index is 1.55. The van der Waals surface area contributed by atoms with Crippen LogP contribution in [0.4, 0.5) is 5.69 Å². The van der Waals surface area contributed by atoms with Crippen molar-refractivity contribution in [2.24, 2.45) is 0 Å². The fourth-order valence-corrected chi connectivity index (χ4v) is 2.90. The smallest absolute Gasteiger partial charge is 0.258 e. The van der Waals surface area contributed by atoms with Crippen LogP contribution in [0, 0.1) is 0 Å². The minimum absolute atomic E-state index is 0.0883. The predicted octanol–water partition coefficient (Wildman–Crippen LogP) is 4.06. The highest BCUT2D eigenvalue weighted by Gasteiger charge is 2.09. The first-order valence-electron chi connectivity index (χ1n) is 9.67. The number of aryl methyl sites for hydroxylation is 1. The number of carbonyl (C=O) groups is 1. The summed E-state index contributed by atoms with van der Waals surface area (Å²) in [5.41, 5.74) is 1.20. The Kier molecular flexibility index (Phi) is 6.78. The van der Waals surface area contributed by atoms with Crippen molar-refractivity contribution in [3.63, 3.8) is 0 Å². The van der Waals surface area contributed by atoms with E-state index in [0.717, 1.165) is 12.8 Å². The molecule has 0 atom stereocenters. The van der Waals surface area contributed by atoms with Crippen molar-refractivity contribution in [1.29, 1.82) is 0 Å². The molecule has 28 heavy (non-hydrogen) atoms. The van der Waals surface area contributed by atoms with Crippen LogP contribution in [0.2, 0.25) is 0 Å². The van der Waals surface area contributed by atoms with E-state index in [4.69, 9.17) is 4.74 Å². The molecule has 0 saturated heterocycles. The maximum atomic E-state index is 12.3. The van der Waals surface area contributed by atoms with E-state index >= 15 is 0 Å². The topological polar surface area (TPSA) is 84.1 Å². The highest BCUT2D eigenvalue weighted by molar-refractivity contribution is 5.92. The minimum atomic E-state index is -0.150. The Morgan fingerprint density at radius 2 is 1.89 bits per heavy atom. The normalized spacial score (nSPS) is 10.8. The first-order chi connectivity index (χ1) is 13.7. The van der Waals surface area contributed by atoms with E-state index < -0.39 is 0 Å². The third-order valence-corrected chi connectivity index (χ3v) is 4.40. The molecule has 146 valence electrons. The number of amides is 1. The molecule has 1 aromatic heterocycles. The number of benzene rings is 2. The molecular formula is C22H25N3O3. The third kappa shape index (κ3) is 5.19. The van der Waals surface area contributed by atoms with E-state index in [1.54, 1.807) is 6.07 Å². The summed E-state index contributed by atoms with van der Waals surface area (Å²) in [5.74, 6) is 1.19. The Bertz CT molecular complexity index is 997. The van der Waals surface area contributed by atoms with Gasteiger partial charge in [0.05, 0.1) is 23.2 Å². The second-order valence-corrected chi connectivity index (χ2v) is 6.63. The first-order valence-corrected chi connectivity index (χ1v) is 9.67. The molecule has 6 heteroatoms. The molecule has 0 bridgehead atoms.